The molecule has 5 nitrogen and oxygen atoms in total. The Morgan fingerprint density at radius 2 is 1.83 bits per heavy atom. The molecular formula is C15H10F3N3O2. The summed E-state index contributed by atoms with van der Waals surface area (Å²) < 4.78 is 38.0. The average Bonchev–Trinajstić information content (AvgIpc) is 2.89. The number of anilines is 1. The van der Waals surface area contributed by atoms with Gasteiger partial charge in [0.1, 0.15) is 5.75 Å². The number of carbonyl (C=O) groups is 1. The van der Waals surface area contributed by atoms with Gasteiger partial charge in [-0.15, -0.1) is 0 Å². The highest BCUT2D eigenvalue weighted by atomic mass is 19.4. The molecule has 8 heteroatoms. The number of fused-ring (bicyclic) bond motifs is 1. The summed E-state index contributed by atoms with van der Waals surface area (Å²) in [6, 6.07) is 8.64. The van der Waals surface area contributed by atoms with Crippen LogP contribution in [0.4, 0.5) is 19.0 Å². The van der Waals surface area contributed by atoms with Gasteiger partial charge in [-0.1, -0.05) is 0 Å². The van der Waals surface area contributed by atoms with Crippen molar-refractivity contribution in [1.82, 2.24) is 10.2 Å². The third-order valence-corrected chi connectivity index (χ3v) is 3.25. The number of rotatable bonds is 2. The number of aromatic hydroxyl groups is 1. The number of nitrogens with zero attached hydrogens (tertiary/aromatic N) is 1. The van der Waals surface area contributed by atoms with Crippen LogP contribution in [-0.2, 0) is 6.18 Å². The Morgan fingerprint density at radius 3 is 2.48 bits per heavy atom. The van der Waals surface area contributed by atoms with Crippen molar-refractivity contribution in [2.45, 2.75) is 6.18 Å². The maximum atomic E-state index is 12.7. The molecule has 0 spiro atoms. The Labute approximate surface area is 127 Å². The van der Waals surface area contributed by atoms with E-state index in [4.69, 9.17) is 0 Å². The van der Waals surface area contributed by atoms with Gasteiger partial charge in [0, 0.05) is 10.9 Å². The lowest BCUT2D eigenvalue weighted by atomic mass is 10.1. The number of amides is 1. The van der Waals surface area contributed by atoms with Crippen molar-refractivity contribution in [2.75, 3.05) is 5.32 Å². The van der Waals surface area contributed by atoms with E-state index < -0.39 is 17.6 Å². The van der Waals surface area contributed by atoms with Crippen molar-refractivity contribution in [2.24, 2.45) is 0 Å². The Balaban J connectivity index is 1.89. The summed E-state index contributed by atoms with van der Waals surface area (Å²) in [6.07, 6.45) is -4.45. The van der Waals surface area contributed by atoms with Crippen LogP contribution in [0.3, 0.4) is 0 Å². The second-order valence-electron chi connectivity index (χ2n) is 4.83. The molecule has 0 fully saturated rings. The zero-order chi connectivity index (χ0) is 16.6. The highest BCUT2D eigenvalue weighted by molar-refractivity contribution is 6.07. The fourth-order valence-corrected chi connectivity index (χ4v) is 2.08. The maximum absolute atomic E-state index is 12.7. The molecule has 3 N–H and O–H groups in total. The molecule has 1 heterocycles. The lowest BCUT2D eigenvalue weighted by Gasteiger charge is -2.06. The van der Waals surface area contributed by atoms with Crippen molar-refractivity contribution in [3.05, 3.63) is 53.6 Å². The number of halogens is 3. The van der Waals surface area contributed by atoms with Crippen molar-refractivity contribution in [3.63, 3.8) is 0 Å². The summed E-state index contributed by atoms with van der Waals surface area (Å²) >= 11 is 0. The highest BCUT2D eigenvalue weighted by Crippen LogP contribution is 2.32. The zero-order valence-electron chi connectivity index (χ0n) is 11.5. The highest BCUT2D eigenvalue weighted by Gasteiger charge is 2.30. The van der Waals surface area contributed by atoms with Crippen LogP contribution < -0.4 is 5.32 Å². The number of phenolic OH excluding ortho intramolecular Hbond substituents is 1. The van der Waals surface area contributed by atoms with E-state index in [1.807, 2.05) is 0 Å². The number of hydrogen-bond acceptors (Lipinski definition) is 3. The van der Waals surface area contributed by atoms with Crippen LogP contribution in [0.15, 0.2) is 42.5 Å². The van der Waals surface area contributed by atoms with Gasteiger partial charge in [0.2, 0.25) is 0 Å². The summed E-state index contributed by atoms with van der Waals surface area (Å²) in [7, 11) is 0. The lowest BCUT2D eigenvalue weighted by molar-refractivity contribution is -0.137. The van der Waals surface area contributed by atoms with E-state index in [-0.39, 0.29) is 22.6 Å². The number of benzene rings is 2. The quantitative estimate of drug-likeness (QED) is 0.675. The van der Waals surface area contributed by atoms with E-state index in [1.165, 1.54) is 30.3 Å². The predicted octanol–water partition coefficient (Wildman–Crippen LogP) is 3.54. The fourth-order valence-electron chi connectivity index (χ4n) is 2.08. The van der Waals surface area contributed by atoms with Gasteiger partial charge in [0.15, 0.2) is 5.82 Å². The first-order valence-electron chi connectivity index (χ1n) is 6.50. The number of H-pyrrole nitrogens is 1. The Bertz CT molecular complexity index is 870. The molecule has 0 radical (unpaired) electrons. The first-order chi connectivity index (χ1) is 10.8. The van der Waals surface area contributed by atoms with Crippen LogP contribution in [0.1, 0.15) is 15.9 Å². The molecular weight excluding hydrogens is 311 g/mol. The molecule has 23 heavy (non-hydrogen) atoms. The largest absolute Gasteiger partial charge is 0.508 e. The first kappa shape index (κ1) is 14.9. The van der Waals surface area contributed by atoms with E-state index in [1.54, 1.807) is 0 Å². The summed E-state index contributed by atoms with van der Waals surface area (Å²) in [5, 5.41) is 18.4. The number of phenols is 1. The van der Waals surface area contributed by atoms with Gasteiger partial charge in [0.05, 0.1) is 11.1 Å². The van der Waals surface area contributed by atoms with Gasteiger partial charge in [-0.05, 0) is 42.5 Å². The smallest absolute Gasteiger partial charge is 0.416 e. The molecule has 0 saturated carbocycles. The molecule has 0 bridgehead atoms. The number of carbonyl (C=O) groups excluding carboxylic acids is 1. The normalized spacial score (nSPS) is 11.6. The fraction of sp³-hybridized carbons (Fsp3) is 0.0667. The minimum Gasteiger partial charge on any atom is -0.508 e. The van der Waals surface area contributed by atoms with E-state index in [9.17, 15) is 23.1 Å². The molecule has 1 amide bonds. The molecule has 2 aromatic carbocycles. The number of alkyl halides is 3. The van der Waals surface area contributed by atoms with Crippen LogP contribution in [0, 0.1) is 0 Å². The molecule has 3 aromatic rings. The van der Waals surface area contributed by atoms with E-state index in [0.717, 1.165) is 12.1 Å². The SMILES string of the molecule is O=C(Nc1n[nH]c2cc(C(F)(F)F)ccc12)c1ccc(O)cc1. The molecule has 0 aliphatic heterocycles. The van der Waals surface area contributed by atoms with Gasteiger partial charge >= 0.3 is 6.18 Å². The minimum atomic E-state index is -4.45. The molecule has 3 rings (SSSR count). The molecule has 118 valence electrons. The Kier molecular flexibility index (Phi) is 3.44. The lowest BCUT2D eigenvalue weighted by Crippen LogP contribution is -2.12. The second kappa shape index (κ2) is 5.31. The van der Waals surface area contributed by atoms with E-state index in [0.29, 0.717) is 5.39 Å². The summed E-state index contributed by atoms with van der Waals surface area (Å²) in [4.78, 5) is 12.1. The van der Waals surface area contributed by atoms with Crippen molar-refractivity contribution in [1.29, 1.82) is 0 Å². The summed E-state index contributed by atoms with van der Waals surface area (Å²) in [6.45, 7) is 0. The monoisotopic (exact) mass is 321 g/mol. The maximum Gasteiger partial charge on any atom is 0.416 e. The van der Waals surface area contributed by atoms with Gasteiger partial charge in [0.25, 0.3) is 5.91 Å². The Morgan fingerprint density at radius 1 is 1.13 bits per heavy atom. The predicted molar refractivity (Wildman–Crippen MR) is 77.2 cm³/mol. The molecule has 0 unspecified atom stereocenters. The van der Waals surface area contributed by atoms with Crippen molar-refractivity contribution >= 4 is 22.6 Å². The van der Waals surface area contributed by atoms with Crippen LogP contribution >= 0.6 is 0 Å². The number of nitrogens with one attached hydrogen (secondary N) is 2. The van der Waals surface area contributed by atoms with Crippen LogP contribution in [-0.4, -0.2) is 21.2 Å². The summed E-state index contributed by atoms with van der Waals surface area (Å²) in [5.41, 5.74) is -0.350. The topological polar surface area (TPSA) is 78.0 Å². The van der Waals surface area contributed by atoms with Crippen LogP contribution in [0.2, 0.25) is 0 Å². The molecule has 0 saturated heterocycles. The second-order valence-corrected chi connectivity index (χ2v) is 4.83. The third-order valence-electron chi connectivity index (χ3n) is 3.25. The average molecular weight is 321 g/mol. The van der Waals surface area contributed by atoms with Crippen molar-refractivity contribution in [3.8, 4) is 5.75 Å². The van der Waals surface area contributed by atoms with E-state index >= 15 is 0 Å². The molecule has 0 aliphatic carbocycles. The van der Waals surface area contributed by atoms with Gasteiger partial charge in [-0.3, -0.25) is 9.89 Å². The zero-order valence-corrected chi connectivity index (χ0v) is 11.5. The van der Waals surface area contributed by atoms with E-state index in [2.05, 4.69) is 15.5 Å². The van der Waals surface area contributed by atoms with Gasteiger partial charge < -0.3 is 10.4 Å². The van der Waals surface area contributed by atoms with Crippen LogP contribution in [0.25, 0.3) is 10.9 Å². The standard InChI is InChI=1S/C15H10F3N3O2/c16-15(17,18)9-3-6-11-12(7-9)20-21-13(11)19-14(23)8-1-4-10(22)5-2-8/h1-7,22H,(H2,19,20,21,23). The van der Waals surface area contributed by atoms with Gasteiger partial charge in [-0.25, -0.2) is 0 Å². The molecule has 0 aliphatic rings. The number of aromatic amines is 1. The Hall–Kier alpha value is -3.03. The molecule has 0 atom stereocenters. The number of aromatic nitrogens is 2. The first-order valence-corrected chi connectivity index (χ1v) is 6.50. The number of hydrogen-bond donors (Lipinski definition) is 3. The third kappa shape index (κ3) is 2.96. The summed E-state index contributed by atoms with van der Waals surface area (Å²) in [5.74, 6) is -0.337. The van der Waals surface area contributed by atoms with Gasteiger partial charge in [-0.2, -0.15) is 18.3 Å². The molecule has 1 aromatic heterocycles. The van der Waals surface area contributed by atoms with Crippen LogP contribution in [0.5, 0.6) is 5.75 Å². The van der Waals surface area contributed by atoms with Crippen molar-refractivity contribution < 1.29 is 23.1 Å². The minimum absolute atomic E-state index is 0.0199.